The lowest BCUT2D eigenvalue weighted by atomic mass is 9.89. The average molecular weight is 223 g/mol. The second-order valence-electron chi connectivity index (χ2n) is 4.63. The molecule has 0 amide bonds. The summed E-state index contributed by atoms with van der Waals surface area (Å²) in [6, 6.07) is 0. The summed E-state index contributed by atoms with van der Waals surface area (Å²) in [5, 5.41) is 18.2. The Labute approximate surface area is 96.7 Å². The second-order valence-corrected chi connectivity index (χ2v) is 4.63. The van der Waals surface area contributed by atoms with Crippen molar-refractivity contribution >= 4 is 0 Å². The third-order valence-corrected chi connectivity index (χ3v) is 3.28. The summed E-state index contributed by atoms with van der Waals surface area (Å²) < 4.78 is 1.92. The van der Waals surface area contributed by atoms with Gasteiger partial charge >= 0.3 is 0 Å². The maximum atomic E-state index is 10.6. The molecule has 2 N–H and O–H groups in total. The monoisotopic (exact) mass is 223 g/mol. The van der Waals surface area contributed by atoms with Gasteiger partial charge in [0.25, 0.3) is 0 Å². The van der Waals surface area contributed by atoms with E-state index < -0.39 is 5.60 Å². The Bertz CT molecular complexity index is 327. The van der Waals surface area contributed by atoms with Crippen molar-refractivity contribution < 1.29 is 5.11 Å². The van der Waals surface area contributed by atoms with Gasteiger partial charge in [0, 0.05) is 18.3 Å². The van der Waals surface area contributed by atoms with Gasteiger partial charge in [-0.15, -0.1) is 0 Å². The third-order valence-electron chi connectivity index (χ3n) is 3.28. The molecule has 4 heteroatoms. The van der Waals surface area contributed by atoms with Gasteiger partial charge < -0.3 is 10.4 Å². The molecular formula is C12H21N3O. The van der Waals surface area contributed by atoms with Gasteiger partial charge in [-0.25, -0.2) is 0 Å². The minimum absolute atomic E-state index is 0.671. The first-order chi connectivity index (χ1) is 7.74. The summed E-state index contributed by atoms with van der Waals surface area (Å²) >= 11 is 0. The molecule has 1 fully saturated rings. The van der Waals surface area contributed by atoms with Crippen molar-refractivity contribution in [1.82, 2.24) is 15.1 Å². The molecule has 1 aromatic heterocycles. The predicted molar refractivity (Wildman–Crippen MR) is 63.1 cm³/mol. The number of aliphatic hydroxyl groups is 1. The number of aryl methyl sites for hydroxylation is 1. The first-order valence-electron chi connectivity index (χ1n) is 6.20. The van der Waals surface area contributed by atoms with Crippen molar-refractivity contribution in [2.45, 2.75) is 44.8 Å². The van der Waals surface area contributed by atoms with Crippen molar-refractivity contribution in [2.24, 2.45) is 0 Å². The topological polar surface area (TPSA) is 50.1 Å². The van der Waals surface area contributed by atoms with Gasteiger partial charge in [0.15, 0.2) is 0 Å². The number of hydrogen-bond donors (Lipinski definition) is 2. The molecule has 0 bridgehead atoms. The predicted octanol–water partition coefficient (Wildman–Crippen LogP) is 1.25. The highest BCUT2D eigenvalue weighted by molar-refractivity contribution is 5.15. The van der Waals surface area contributed by atoms with Gasteiger partial charge in [-0.3, -0.25) is 4.68 Å². The molecule has 0 aliphatic carbocycles. The van der Waals surface area contributed by atoms with Gasteiger partial charge in [0.2, 0.25) is 0 Å². The lowest BCUT2D eigenvalue weighted by molar-refractivity contribution is 0.0239. The van der Waals surface area contributed by atoms with Gasteiger partial charge in [-0.2, -0.15) is 5.10 Å². The number of nitrogens with zero attached hydrogens (tertiary/aromatic N) is 2. The van der Waals surface area contributed by atoms with Crippen molar-refractivity contribution in [2.75, 3.05) is 13.1 Å². The van der Waals surface area contributed by atoms with Crippen LogP contribution in [0.2, 0.25) is 0 Å². The minimum Gasteiger partial charge on any atom is -0.385 e. The van der Waals surface area contributed by atoms with Crippen LogP contribution in [0, 0.1) is 0 Å². The van der Waals surface area contributed by atoms with E-state index in [1.54, 1.807) is 0 Å². The van der Waals surface area contributed by atoms with E-state index in [2.05, 4.69) is 17.3 Å². The Hall–Kier alpha value is -0.870. The maximum absolute atomic E-state index is 10.6. The van der Waals surface area contributed by atoms with E-state index in [1.165, 1.54) is 0 Å². The van der Waals surface area contributed by atoms with Crippen LogP contribution in [0.25, 0.3) is 0 Å². The lowest BCUT2D eigenvalue weighted by Crippen LogP contribution is -2.26. The highest BCUT2D eigenvalue weighted by Gasteiger charge is 2.31. The second kappa shape index (κ2) is 4.97. The van der Waals surface area contributed by atoms with Crippen LogP contribution in [0.15, 0.2) is 12.4 Å². The zero-order valence-corrected chi connectivity index (χ0v) is 9.95. The zero-order valence-electron chi connectivity index (χ0n) is 9.95. The Kier molecular flexibility index (Phi) is 3.61. The average Bonchev–Trinajstić information content (AvgIpc) is 2.63. The number of rotatable bonds is 3. The molecule has 0 saturated carbocycles. The molecule has 0 aromatic carbocycles. The normalized spacial score (nSPS) is 26.6. The molecule has 16 heavy (non-hydrogen) atoms. The maximum Gasteiger partial charge on any atom is 0.0939 e. The van der Waals surface area contributed by atoms with Crippen molar-refractivity contribution in [3.8, 4) is 0 Å². The van der Waals surface area contributed by atoms with Crippen LogP contribution in [0.4, 0.5) is 0 Å². The SMILES string of the molecule is CCCn1cc(C2(O)CCCNCC2)cn1. The van der Waals surface area contributed by atoms with E-state index in [9.17, 15) is 5.11 Å². The van der Waals surface area contributed by atoms with Gasteiger partial charge in [-0.1, -0.05) is 6.92 Å². The van der Waals surface area contributed by atoms with Gasteiger partial charge in [0.1, 0.15) is 0 Å². The molecule has 0 spiro atoms. The molecule has 1 aliphatic heterocycles. The smallest absolute Gasteiger partial charge is 0.0939 e. The first-order valence-corrected chi connectivity index (χ1v) is 6.20. The van der Waals surface area contributed by atoms with Crippen LogP contribution >= 0.6 is 0 Å². The molecule has 1 saturated heterocycles. The van der Waals surface area contributed by atoms with Gasteiger partial charge in [-0.05, 0) is 38.8 Å². The number of nitrogens with one attached hydrogen (secondary N) is 1. The summed E-state index contributed by atoms with van der Waals surface area (Å²) in [6.45, 7) is 4.95. The molecule has 1 unspecified atom stereocenters. The van der Waals surface area contributed by atoms with Crippen LogP contribution in [-0.2, 0) is 12.1 Å². The molecule has 1 aromatic rings. The zero-order chi connectivity index (χ0) is 11.4. The summed E-state index contributed by atoms with van der Waals surface area (Å²) in [5.74, 6) is 0. The molecule has 2 rings (SSSR count). The molecule has 1 atom stereocenters. The summed E-state index contributed by atoms with van der Waals surface area (Å²) in [7, 11) is 0. The van der Waals surface area contributed by atoms with Crippen molar-refractivity contribution in [1.29, 1.82) is 0 Å². The van der Waals surface area contributed by atoms with Crippen molar-refractivity contribution in [3.05, 3.63) is 18.0 Å². The van der Waals surface area contributed by atoms with Crippen LogP contribution in [-0.4, -0.2) is 28.0 Å². The molecule has 4 nitrogen and oxygen atoms in total. The lowest BCUT2D eigenvalue weighted by Gasteiger charge is -2.24. The fraction of sp³-hybridized carbons (Fsp3) is 0.750. The van der Waals surface area contributed by atoms with E-state index in [0.29, 0.717) is 0 Å². The highest BCUT2D eigenvalue weighted by Crippen LogP contribution is 2.30. The Morgan fingerprint density at radius 3 is 3.19 bits per heavy atom. The van der Waals surface area contributed by atoms with Gasteiger partial charge in [0.05, 0.1) is 11.8 Å². The van der Waals surface area contributed by atoms with E-state index in [0.717, 1.165) is 50.9 Å². The third kappa shape index (κ3) is 2.44. The fourth-order valence-electron chi connectivity index (χ4n) is 2.29. The Morgan fingerprint density at radius 1 is 1.50 bits per heavy atom. The van der Waals surface area contributed by atoms with Crippen LogP contribution in [0.3, 0.4) is 0 Å². The van der Waals surface area contributed by atoms with E-state index >= 15 is 0 Å². The van der Waals surface area contributed by atoms with E-state index in [-0.39, 0.29) is 0 Å². The van der Waals surface area contributed by atoms with Crippen molar-refractivity contribution in [3.63, 3.8) is 0 Å². The fourth-order valence-corrected chi connectivity index (χ4v) is 2.29. The standard InChI is InChI=1S/C12H21N3O/c1-2-8-15-10-11(9-14-15)12(16)4-3-6-13-7-5-12/h9-10,13,16H,2-8H2,1H3. The van der Waals surface area contributed by atoms with E-state index in [4.69, 9.17) is 0 Å². The molecule has 0 radical (unpaired) electrons. The molecule has 90 valence electrons. The van der Waals surface area contributed by atoms with E-state index in [1.807, 2.05) is 17.1 Å². The quantitative estimate of drug-likeness (QED) is 0.811. The molecular weight excluding hydrogens is 202 g/mol. The minimum atomic E-state index is -0.671. The summed E-state index contributed by atoms with van der Waals surface area (Å²) in [4.78, 5) is 0. The molecule has 1 aliphatic rings. The largest absolute Gasteiger partial charge is 0.385 e. The Morgan fingerprint density at radius 2 is 2.38 bits per heavy atom. The molecule has 2 heterocycles. The van der Waals surface area contributed by atoms with Crippen LogP contribution in [0.5, 0.6) is 0 Å². The highest BCUT2D eigenvalue weighted by atomic mass is 16.3. The number of aromatic nitrogens is 2. The van der Waals surface area contributed by atoms with Crippen LogP contribution in [0.1, 0.15) is 38.2 Å². The Balaban J connectivity index is 2.13. The summed E-state index contributed by atoms with van der Waals surface area (Å²) in [6.07, 6.45) is 7.52. The number of hydrogen-bond acceptors (Lipinski definition) is 3. The van der Waals surface area contributed by atoms with Crippen LogP contribution < -0.4 is 5.32 Å². The summed E-state index contributed by atoms with van der Waals surface area (Å²) in [5.41, 5.74) is 0.305. The first kappa shape index (κ1) is 11.6.